The number of fused-ring (bicyclic) bond motifs is 7. The lowest BCUT2D eigenvalue weighted by Crippen LogP contribution is -2.66. The van der Waals surface area contributed by atoms with Crippen LogP contribution in [-0.4, -0.2) is 11.2 Å². The van der Waals surface area contributed by atoms with Crippen molar-refractivity contribution in [1.29, 1.82) is 0 Å². The predicted octanol–water partition coefficient (Wildman–Crippen LogP) is 11.5. The van der Waals surface area contributed by atoms with Crippen LogP contribution in [0.25, 0.3) is 5.57 Å². The smallest absolute Gasteiger partial charge is 0.312 e. The van der Waals surface area contributed by atoms with E-state index in [1.807, 2.05) is 30.3 Å². The lowest BCUT2D eigenvalue weighted by molar-refractivity contribution is -0.229. The first-order chi connectivity index (χ1) is 22.7. The molecule has 4 saturated carbocycles. The minimum absolute atomic E-state index is 0.0132. The second-order valence-electron chi connectivity index (χ2n) is 17.8. The SMILES string of the molecule is C=C(C)[C@@H]1CC[C@]2(C(=O)OCc3ccccc3)CC[C@]3(C)[C@H](CCC4[C@@]5(C)CC=C(c6ccc(C(=O)Cl)cc6)C(C)(C)[C@@H]5CC[C@]43C)[C@@H]12. The van der Waals surface area contributed by atoms with Gasteiger partial charge in [0.05, 0.1) is 5.41 Å². The van der Waals surface area contributed by atoms with E-state index in [9.17, 15) is 9.59 Å². The van der Waals surface area contributed by atoms with Crippen LogP contribution in [0, 0.1) is 56.7 Å². The standard InChI is InChI=1S/C44H55ClO3/c1-28(2)32-19-24-44(39(47)48-27-29-11-9-8-10-12-29)26-25-42(6)34(37(32)44)17-18-36-41(5)22-20-33(30-13-15-31(16-14-30)38(45)46)40(3,4)35(41)21-23-43(36,42)7/h8-16,20,32,34-37H,1,17-19,21-27H2,2-7H3/t32-,34+,35-,36?,37+,41-,42+,43+,44-/m0/s1. The topological polar surface area (TPSA) is 43.4 Å². The molecule has 2 aromatic rings. The van der Waals surface area contributed by atoms with Gasteiger partial charge >= 0.3 is 5.97 Å². The minimum Gasteiger partial charge on any atom is -0.460 e. The summed E-state index contributed by atoms with van der Waals surface area (Å²) in [6.07, 6.45) is 12.5. The van der Waals surface area contributed by atoms with E-state index in [1.54, 1.807) is 0 Å². The third-order valence-electron chi connectivity index (χ3n) is 15.7. The fourth-order valence-corrected chi connectivity index (χ4v) is 13.4. The molecular weight excluding hydrogens is 612 g/mol. The van der Waals surface area contributed by atoms with Gasteiger partial charge in [0.2, 0.25) is 0 Å². The Kier molecular flexibility index (Phi) is 8.26. The summed E-state index contributed by atoms with van der Waals surface area (Å²) in [6.45, 7) is 19.9. The van der Waals surface area contributed by atoms with Crippen LogP contribution in [0.15, 0.2) is 72.8 Å². The second-order valence-corrected chi connectivity index (χ2v) is 18.1. The van der Waals surface area contributed by atoms with E-state index < -0.39 is 10.7 Å². The van der Waals surface area contributed by atoms with Crippen LogP contribution >= 0.6 is 11.6 Å². The molecule has 7 rings (SSSR count). The summed E-state index contributed by atoms with van der Waals surface area (Å²) in [6, 6.07) is 18.1. The molecule has 2 aromatic carbocycles. The van der Waals surface area contributed by atoms with Gasteiger partial charge in [-0.05, 0) is 156 Å². The van der Waals surface area contributed by atoms with Crippen molar-refractivity contribution in [2.45, 2.75) is 106 Å². The van der Waals surface area contributed by atoms with Gasteiger partial charge in [0, 0.05) is 5.56 Å². The lowest BCUT2D eigenvalue weighted by Gasteiger charge is -2.72. The molecule has 48 heavy (non-hydrogen) atoms. The first-order valence-electron chi connectivity index (χ1n) is 18.6. The van der Waals surface area contributed by atoms with Gasteiger partial charge in [0.15, 0.2) is 0 Å². The maximum absolute atomic E-state index is 14.3. The van der Waals surface area contributed by atoms with Crippen LogP contribution < -0.4 is 0 Å². The molecule has 1 unspecified atom stereocenters. The monoisotopic (exact) mass is 666 g/mol. The lowest BCUT2D eigenvalue weighted by atomic mass is 9.32. The van der Waals surface area contributed by atoms with Gasteiger partial charge in [0.1, 0.15) is 6.61 Å². The Hall–Kier alpha value is -2.65. The molecule has 0 heterocycles. The molecule has 0 N–H and O–H groups in total. The summed E-state index contributed by atoms with van der Waals surface area (Å²) in [5.41, 5.74) is 5.65. The first-order valence-corrected chi connectivity index (χ1v) is 18.9. The molecule has 0 aliphatic heterocycles. The summed E-state index contributed by atoms with van der Waals surface area (Å²) >= 11 is 5.78. The average molecular weight is 667 g/mol. The molecule has 0 aromatic heterocycles. The summed E-state index contributed by atoms with van der Waals surface area (Å²) in [5, 5.41) is -0.405. The summed E-state index contributed by atoms with van der Waals surface area (Å²) in [5.74, 6) is 2.42. The highest BCUT2D eigenvalue weighted by molar-refractivity contribution is 6.67. The largest absolute Gasteiger partial charge is 0.460 e. The highest BCUT2D eigenvalue weighted by Gasteiger charge is 2.71. The molecule has 4 fully saturated rings. The van der Waals surface area contributed by atoms with Crippen molar-refractivity contribution in [3.05, 3.63) is 89.5 Å². The zero-order valence-electron chi connectivity index (χ0n) is 30.0. The van der Waals surface area contributed by atoms with Gasteiger partial charge in [-0.25, -0.2) is 0 Å². The van der Waals surface area contributed by atoms with Crippen molar-refractivity contribution in [3.63, 3.8) is 0 Å². The van der Waals surface area contributed by atoms with Crippen LogP contribution in [-0.2, 0) is 16.1 Å². The number of carbonyl (C=O) groups is 2. The molecule has 4 heteroatoms. The van der Waals surface area contributed by atoms with E-state index in [1.165, 1.54) is 42.4 Å². The van der Waals surface area contributed by atoms with E-state index in [0.29, 0.717) is 41.8 Å². The number of carbonyl (C=O) groups excluding carboxylic acids is 2. The molecule has 0 amide bonds. The number of benzene rings is 2. The maximum atomic E-state index is 14.3. The van der Waals surface area contributed by atoms with Gasteiger partial charge in [-0.15, -0.1) is 0 Å². The number of rotatable bonds is 6. The van der Waals surface area contributed by atoms with Crippen molar-refractivity contribution >= 4 is 28.4 Å². The van der Waals surface area contributed by atoms with Crippen molar-refractivity contribution in [2.24, 2.45) is 56.7 Å². The van der Waals surface area contributed by atoms with Crippen molar-refractivity contribution in [2.75, 3.05) is 0 Å². The Balaban J connectivity index is 1.20. The van der Waals surface area contributed by atoms with Crippen LogP contribution in [0.1, 0.15) is 121 Å². The molecule has 0 saturated heterocycles. The summed E-state index contributed by atoms with van der Waals surface area (Å²) in [7, 11) is 0. The number of esters is 1. The molecule has 256 valence electrons. The number of halogens is 1. The number of hydrogen-bond acceptors (Lipinski definition) is 3. The van der Waals surface area contributed by atoms with E-state index in [-0.39, 0.29) is 27.6 Å². The highest BCUT2D eigenvalue weighted by atomic mass is 35.5. The third kappa shape index (κ3) is 4.79. The molecule has 0 bridgehead atoms. The van der Waals surface area contributed by atoms with E-state index >= 15 is 0 Å². The van der Waals surface area contributed by atoms with Gasteiger partial charge in [0.25, 0.3) is 5.24 Å². The fraction of sp³-hybridized carbons (Fsp3) is 0.591. The van der Waals surface area contributed by atoms with Gasteiger partial charge in [-0.1, -0.05) is 95.3 Å². The number of ether oxygens (including phenoxy) is 1. The van der Waals surface area contributed by atoms with E-state index in [2.05, 4.69) is 78.5 Å². The molecule has 5 aliphatic rings. The molecular formula is C44H55ClO3. The zero-order valence-corrected chi connectivity index (χ0v) is 30.8. The van der Waals surface area contributed by atoms with Crippen LogP contribution in [0.5, 0.6) is 0 Å². The normalized spacial score (nSPS) is 39.6. The summed E-state index contributed by atoms with van der Waals surface area (Å²) < 4.78 is 6.22. The van der Waals surface area contributed by atoms with E-state index in [0.717, 1.165) is 37.7 Å². The van der Waals surface area contributed by atoms with E-state index in [4.69, 9.17) is 16.3 Å². The van der Waals surface area contributed by atoms with Gasteiger partial charge in [-0.2, -0.15) is 0 Å². The maximum Gasteiger partial charge on any atom is 0.312 e. The Bertz CT molecular complexity index is 1640. The van der Waals surface area contributed by atoms with Crippen molar-refractivity contribution in [1.82, 2.24) is 0 Å². The Morgan fingerprint density at radius 1 is 0.833 bits per heavy atom. The number of allylic oxidation sites excluding steroid dienone is 3. The Labute approximate surface area is 293 Å². The number of hydrogen-bond donors (Lipinski definition) is 0. The minimum atomic E-state index is -0.405. The summed E-state index contributed by atoms with van der Waals surface area (Å²) in [4.78, 5) is 26.1. The Morgan fingerprint density at radius 3 is 2.21 bits per heavy atom. The molecule has 3 nitrogen and oxygen atoms in total. The average Bonchev–Trinajstić information content (AvgIpc) is 3.46. The molecule has 0 spiro atoms. The van der Waals surface area contributed by atoms with Crippen molar-refractivity contribution < 1.29 is 14.3 Å². The van der Waals surface area contributed by atoms with Gasteiger partial charge in [-0.3, -0.25) is 9.59 Å². The fourth-order valence-electron chi connectivity index (χ4n) is 13.2. The zero-order chi connectivity index (χ0) is 34.3. The van der Waals surface area contributed by atoms with Gasteiger partial charge < -0.3 is 4.74 Å². The van der Waals surface area contributed by atoms with Crippen molar-refractivity contribution in [3.8, 4) is 0 Å². The quantitative estimate of drug-likeness (QED) is 0.175. The molecule has 9 atom stereocenters. The van der Waals surface area contributed by atoms with Crippen LogP contribution in [0.4, 0.5) is 0 Å². The van der Waals surface area contributed by atoms with Crippen LogP contribution in [0.2, 0.25) is 0 Å². The third-order valence-corrected chi connectivity index (χ3v) is 15.9. The first kappa shape index (κ1) is 33.8. The predicted molar refractivity (Wildman–Crippen MR) is 195 cm³/mol. The second kappa shape index (κ2) is 11.7. The molecule has 5 aliphatic carbocycles. The Morgan fingerprint density at radius 2 is 1.54 bits per heavy atom. The van der Waals surface area contributed by atoms with Crippen LogP contribution in [0.3, 0.4) is 0 Å². The highest BCUT2D eigenvalue weighted by Crippen LogP contribution is 2.77. The molecule has 0 radical (unpaired) electrons.